The molecule has 4 aromatic carbocycles. The Balaban J connectivity index is 2.07. The van der Waals surface area contributed by atoms with E-state index in [1.54, 1.807) is 6.92 Å². The van der Waals surface area contributed by atoms with E-state index in [1.807, 2.05) is 62.4 Å². The van der Waals surface area contributed by atoms with E-state index in [0.717, 1.165) is 38.6 Å². The molecule has 1 N–H and O–H groups in total. The first-order chi connectivity index (χ1) is 15.4. The van der Waals surface area contributed by atoms with Crippen LogP contribution >= 0.6 is 0 Å². The highest BCUT2D eigenvalue weighted by Crippen LogP contribution is 2.44. The molecular weight excluding hydrogens is 396 g/mol. The van der Waals surface area contributed by atoms with Gasteiger partial charge in [0.15, 0.2) is 6.10 Å². The van der Waals surface area contributed by atoms with Crippen molar-refractivity contribution < 1.29 is 14.6 Å². The Labute approximate surface area is 189 Å². The second-order valence-corrected chi connectivity index (χ2v) is 8.50. The van der Waals surface area contributed by atoms with Gasteiger partial charge in [0, 0.05) is 5.41 Å². The Morgan fingerprint density at radius 2 is 1.38 bits per heavy atom. The van der Waals surface area contributed by atoms with Gasteiger partial charge in [-0.05, 0) is 51.6 Å². The number of aliphatic hydroxyl groups excluding tert-OH is 1. The molecule has 4 rings (SSSR count). The van der Waals surface area contributed by atoms with Crippen molar-refractivity contribution in [2.75, 3.05) is 6.61 Å². The van der Waals surface area contributed by atoms with Crippen LogP contribution in [0.1, 0.15) is 26.3 Å². The van der Waals surface area contributed by atoms with E-state index in [1.165, 1.54) is 0 Å². The molecule has 3 nitrogen and oxygen atoms in total. The van der Waals surface area contributed by atoms with Crippen molar-refractivity contribution >= 4 is 16.7 Å². The minimum absolute atomic E-state index is 0.227. The maximum Gasteiger partial charge on any atom is 0.335 e. The number of esters is 1. The minimum atomic E-state index is -1.30. The largest absolute Gasteiger partial charge is 0.464 e. The zero-order chi connectivity index (χ0) is 22.7. The molecule has 0 bridgehead atoms. The Morgan fingerprint density at radius 3 is 1.97 bits per heavy atom. The maximum absolute atomic E-state index is 12.6. The second-order valence-electron chi connectivity index (χ2n) is 8.50. The summed E-state index contributed by atoms with van der Waals surface area (Å²) in [5.74, 6) is -0.606. The van der Waals surface area contributed by atoms with Gasteiger partial charge in [0.05, 0.1) is 6.61 Å². The highest BCUT2D eigenvalue weighted by molar-refractivity contribution is 6.06. The molecule has 0 aliphatic carbocycles. The molecular formula is C29H28O3. The number of fused-ring (bicyclic) bond motifs is 1. The lowest BCUT2D eigenvalue weighted by molar-refractivity contribution is -0.156. The Kier molecular flexibility index (Phi) is 6.11. The van der Waals surface area contributed by atoms with Crippen LogP contribution in [0.4, 0.5) is 0 Å². The fraction of sp³-hybridized carbons (Fsp3) is 0.207. The molecule has 0 radical (unpaired) electrons. The normalized spacial score (nSPS) is 12.5. The average Bonchev–Trinajstić information content (AvgIpc) is 2.83. The van der Waals surface area contributed by atoms with E-state index in [0.29, 0.717) is 0 Å². The standard InChI is InChI=1S/C29H28O3/c1-4-32-28(31)27(30)29(2,3)25-19-24(20-13-7-5-8-14-20)22-17-11-12-18-23(22)26(25)21-15-9-6-10-16-21/h5-19,27,30H,4H2,1-3H3. The van der Waals surface area contributed by atoms with Crippen LogP contribution < -0.4 is 0 Å². The number of ether oxygens (including phenoxy) is 1. The van der Waals surface area contributed by atoms with Gasteiger partial charge in [-0.1, -0.05) is 98.8 Å². The SMILES string of the molecule is CCOC(=O)C(O)C(C)(C)c1cc(-c2ccccc2)c2ccccc2c1-c1ccccc1. The predicted octanol–water partition coefficient (Wildman–Crippen LogP) is 6.38. The number of carbonyl (C=O) groups is 1. The quantitative estimate of drug-likeness (QED) is 0.366. The number of carbonyl (C=O) groups excluding carboxylic acids is 1. The van der Waals surface area contributed by atoms with E-state index in [2.05, 4.69) is 42.5 Å². The van der Waals surface area contributed by atoms with Gasteiger partial charge in [0.2, 0.25) is 0 Å². The first-order valence-electron chi connectivity index (χ1n) is 11.0. The molecule has 0 aliphatic heterocycles. The fourth-order valence-electron chi connectivity index (χ4n) is 4.32. The average molecular weight is 425 g/mol. The minimum Gasteiger partial charge on any atom is -0.464 e. The molecule has 4 aromatic rings. The number of benzene rings is 4. The van der Waals surface area contributed by atoms with Crippen LogP contribution in [0.2, 0.25) is 0 Å². The Hall–Kier alpha value is -3.43. The van der Waals surface area contributed by atoms with E-state index in [9.17, 15) is 9.90 Å². The lowest BCUT2D eigenvalue weighted by atomic mass is 9.73. The van der Waals surface area contributed by atoms with Crippen molar-refractivity contribution in [3.8, 4) is 22.3 Å². The van der Waals surface area contributed by atoms with E-state index < -0.39 is 17.5 Å². The summed E-state index contributed by atoms with van der Waals surface area (Å²) in [6.07, 6.45) is -1.30. The molecule has 162 valence electrons. The summed E-state index contributed by atoms with van der Waals surface area (Å²) in [6.45, 7) is 5.78. The van der Waals surface area contributed by atoms with Crippen LogP contribution in [0.5, 0.6) is 0 Å². The van der Waals surface area contributed by atoms with Gasteiger partial charge in [-0.15, -0.1) is 0 Å². The smallest absolute Gasteiger partial charge is 0.335 e. The zero-order valence-electron chi connectivity index (χ0n) is 18.7. The summed E-state index contributed by atoms with van der Waals surface area (Å²) in [6, 6.07) is 30.8. The van der Waals surface area contributed by atoms with Gasteiger partial charge in [-0.2, -0.15) is 0 Å². The summed E-state index contributed by atoms with van der Waals surface area (Å²) >= 11 is 0. The van der Waals surface area contributed by atoms with Gasteiger partial charge in [-0.3, -0.25) is 0 Å². The Bertz CT molecular complexity index is 1230. The van der Waals surface area contributed by atoms with Gasteiger partial charge >= 0.3 is 5.97 Å². The first-order valence-corrected chi connectivity index (χ1v) is 11.0. The van der Waals surface area contributed by atoms with E-state index >= 15 is 0 Å². The molecule has 0 amide bonds. The molecule has 0 saturated heterocycles. The highest BCUT2D eigenvalue weighted by atomic mass is 16.5. The van der Waals surface area contributed by atoms with Gasteiger partial charge in [0.1, 0.15) is 0 Å². The van der Waals surface area contributed by atoms with Crippen molar-refractivity contribution in [2.45, 2.75) is 32.3 Å². The molecule has 0 saturated carbocycles. The number of hydrogen-bond acceptors (Lipinski definition) is 3. The van der Waals surface area contributed by atoms with E-state index in [-0.39, 0.29) is 6.61 Å². The topological polar surface area (TPSA) is 46.5 Å². The van der Waals surface area contributed by atoms with Crippen molar-refractivity contribution in [1.29, 1.82) is 0 Å². The number of aliphatic hydroxyl groups is 1. The van der Waals surface area contributed by atoms with E-state index in [4.69, 9.17) is 4.74 Å². The van der Waals surface area contributed by atoms with Crippen LogP contribution in [0.3, 0.4) is 0 Å². The maximum atomic E-state index is 12.6. The molecule has 3 heteroatoms. The Morgan fingerprint density at radius 1 is 0.844 bits per heavy atom. The second kappa shape index (κ2) is 8.97. The van der Waals surface area contributed by atoms with Gasteiger partial charge in [-0.25, -0.2) is 4.79 Å². The molecule has 32 heavy (non-hydrogen) atoms. The monoisotopic (exact) mass is 424 g/mol. The number of hydrogen-bond donors (Lipinski definition) is 1. The third-order valence-corrected chi connectivity index (χ3v) is 6.08. The highest BCUT2D eigenvalue weighted by Gasteiger charge is 2.39. The summed E-state index contributed by atoms with van der Waals surface area (Å²) in [5.41, 5.74) is 4.25. The summed E-state index contributed by atoms with van der Waals surface area (Å²) in [5, 5.41) is 13.3. The third-order valence-electron chi connectivity index (χ3n) is 6.08. The lowest BCUT2D eigenvalue weighted by Gasteiger charge is -2.33. The number of rotatable bonds is 6. The van der Waals surface area contributed by atoms with Gasteiger partial charge in [0.25, 0.3) is 0 Å². The third kappa shape index (κ3) is 3.92. The molecule has 0 fully saturated rings. The molecule has 0 aliphatic rings. The lowest BCUT2D eigenvalue weighted by Crippen LogP contribution is -2.41. The van der Waals surface area contributed by atoms with Crippen molar-refractivity contribution in [3.05, 3.63) is 96.6 Å². The van der Waals surface area contributed by atoms with Crippen LogP contribution in [0.15, 0.2) is 91.0 Å². The van der Waals surface area contributed by atoms with Crippen molar-refractivity contribution in [3.63, 3.8) is 0 Å². The van der Waals surface area contributed by atoms with Crippen LogP contribution in [-0.2, 0) is 14.9 Å². The molecule has 1 atom stereocenters. The van der Waals surface area contributed by atoms with Crippen molar-refractivity contribution in [1.82, 2.24) is 0 Å². The molecule has 0 aromatic heterocycles. The van der Waals surface area contributed by atoms with Crippen LogP contribution in [-0.4, -0.2) is 23.8 Å². The molecule has 1 unspecified atom stereocenters. The fourth-order valence-corrected chi connectivity index (χ4v) is 4.32. The summed E-state index contributed by atoms with van der Waals surface area (Å²) < 4.78 is 5.17. The van der Waals surface area contributed by atoms with Crippen LogP contribution in [0, 0.1) is 0 Å². The first kappa shape index (κ1) is 21.8. The predicted molar refractivity (Wildman–Crippen MR) is 130 cm³/mol. The summed E-state index contributed by atoms with van der Waals surface area (Å²) in [4.78, 5) is 12.6. The van der Waals surface area contributed by atoms with Gasteiger partial charge < -0.3 is 9.84 Å². The zero-order valence-corrected chi connectivity index (χ0v) is 18.7. The van der Waals surface area contributed by atoms with Crippen molar-refractivity contribution in [2.24, 2.45) is 0 Å². The van der Waals surface area contributed by atoms with Crippen LogP contribution in [0.25, 0.3) is 33.0 Å². The molecule has 0 spiro atoms. The summed E-state index contributed by atoms with van der Waals surface area (Å²) in [7, 11) is 0. The molecule has 0 heterocycles.